The lowest BCUT2D eigenvalue weighted by molar-refractivity contribution is -0.131. The van der Waals surface area contributed by atoms with Crippen LogP contribution in [0.1, 0.15) is 44.8 Å². The van der Waals surface area contributed by atoms with E-state index in [0.29, 0.717) is 31.8 Å². The van der Waals surface area contributed by atoms with Gasteiger partial charge >= 0.3 is 0 Å². The molecular formula is C22H28N6O2. The number of likely N-dealkylation sites (tertiary alicyclic amines) is 1. The van der Waals surface area contributed by atoms with Crippen LogP contribution in [0.4, 0.5) is 5.82 Å². The maximum Gasteiger partial charge on any atom is 0.228 e. The summed E-state index contributed by atoms with van der Waals surface area (Å²) in [6.45, 7) is 5.40. The Morgan fingerprint density at radius 1 is 1.20 bits per heavy atom. The molecule has 0 bridgehead atoms. The minimum absolute atomic E-state index is 0.00569. The monoisotopic (exact) mass is 408 g/mol. The van der Waals surface area contributed by atoms with Gasteiger partial charge in [-0.25, -0.2) is 4.68 Å². The maximum absolute atomic E-state index is 12.8. The Balaban J connectivity index is 1.35. The zero-order valence-corrected chi connectivity index (χ0v) is 17.5. The summed E-state index contributed by atoms with van der Waals surface area (Å²) in [4.78, 5) is 26.9. The molecule has 8 nitrogen and oxygen atoms in total. The summed E-state index contributed by atoms with van der Waals surface area (Å²) in [6.07, 6.45) is 4.14. The number of piperidine rings is 1. The van der Waals surface area contributed by atoms with Gasteiger partial charge in [0.05, 0.1) is 29.9 Å². The van der Waals surface area contributed by atoms with Gasteiger partial charge in [0.25, 0.3) is 0 Å². The Morgan fingerprint density at radius 3 is 2.73 bits per heavy atom. The molecule has 0 aliphatic carbocycles. The van der Waals surface area contributed by atoms with Crippen molar-refractivity contribution >= 4 is 28.5 Å². The summed E-state index contributed by atoms with van der Waals surface area (Å²) in [5.41, 5.74) is 1.74. The summed E-state index contributed by atoms with van der Waals surface area (Å²) in [5, 5.41) is 15.7. The molecule has 0 saturated carbocycles. The predicted molar refractivity (Wildman–Crippen MR) is 115 cm³/mol. The Labute approximate surface area is 175 Å². The van der Waals surface area contributed by atoms with Crippen LogP contribution in [0.5, 0.6) is 0 Å². The molecule has 3 heterocycles. The molecular weight excluding hydrogens is 380 g/mol. The maximum atomic E-state index is 12.8. The van der Waals surface area contributed by atoms with E-state index in [1.807, 2.05) is 53.8 Å². The van der Waals surface area contributed by atoms with Gasteiger partial charge in [-0.3, -0.25) is 14.7 Å². The van der Waals surface area contributed by atoms with Gasteiger partial charge in [0, 0.05) is 31.0 Å². The first kappa shape index (κ1) is 20.1. The quantitative estimate of drug-likeness (QED) is 0.655. The first-order valence-electron chi connectivity index (χ1n) is 10.5. The number of nitrogens with one attached hydrogen (secondary N) is 2. The number of rotatable bonds is 6. The number of aromatic nitrogens is 4. The van der Waals surface area contributed by atoms with E-state index >= 15 is 0 Å². The fourth-order valence-corrected chi connectivity index (χ4v) is 4.04. The van der Waals surface area contributed by atoms with E-state index in [-0.39, 0.29) is 17.9 Å². The largest absolute Gasteiger partial charge is 0.342 e. The molecule has 1 saturated heterocycles. The van der Waals surface area contributed by atoms with Gasteiger partial charge in [-0.05, 0) is 24.8 Å². The molecule has 0 spiro atoms. The first-order valence-corrected chi connectivity index (χ1v) is 10.5. The average molecular weight is 409 g/mol. The molecule has 1 fully saturated rings. The van der Waals surface area contributed by atoms with E-state index in [4.69, 9.17) is 0 Å². The Kier molecular flexibility index (Phi) is 5.83. The minimum atomic E-state index is 0.00569. The van der Waals surface area contributed by atoms with E-state index in [0.717, 1.165) is 35.3 Å². The summed E-state index contributed by atoms with van der Waals surface area (Å²) in [7, 11) is 0. The molecule has 1 aliphatic heterocycles. The normalized spacial score (nSPS) is 15.1. The van der Waals surface area contributed by atoms with Crippen molar-refractivity contribution in [2.24, 2.45) is 5.92 Å². The smallest absolute Gasteiger partial charge is 0.228 e. The predicted octanol–water partition coefficient (Wildman–Crippen LogP) is 3.15. The van der Waals surface area contributed by atoms with Crippen molar-refractivity contribution in [3.63, 3.8) is 0 Å². The van der Waals surface area contributed by atoms with Gasteiger partial charge in [0.2, 0.25) is 11.8 Å². The van der Waals surface area contributed by atoms with Crippen molar-refractivity contribution < 1.29 is 9.59 Å². The molecule has 0 atom stereocenters. The third kappa shape index (κ3) is 4.37. The van der Waals surface area contributed by atoms with Crippen LogP contribution in [0.15, 0.2) is 36.5 Å². The molecule has 158 valence electrons. The second-order valence-electron chi connectivity index (χ2n) is 8.32. The molecule has 0 unspecified atom stereocenters. The van der Waals surface area contributed by atoms with Crippen LogP contribution in [-0.2, 0) is 16.0 Å². The summed E-state index contributed by atoms with van der Waals surface area (Å²) in [5.74, 6) is 1.15. The number of carbonyl (C=O) groups excluding carboxylic acids is 2. The number of nitrogens with zero attached hydrogens (tertiary/aromatic N) is 4. The Morgan fingerprint density at radius 2 is 1.97 bits per heavy atom. The zero-order valence-electron chi connectivity index (χ0n) is 17.5. The highest BCUT2D eigenvalue weighted by Gasteiger charge is 2.26. The number of amides is 2. The second-order valence-corrected chi connectivity index (χ2v) is 8.32. The van der Waals surface area contributed by atoms with Gasteiger partial charge in [0.1, 0.15) is 5.82 Å². The lowest BCUT2D eigenvalue weighted by Gasteiger charge is -2.32. The van der Waals surface area contributed by atoms with Crippen LogP contribution in [0.25, 0.3) is 10.9 Å². The number of hydrogen-bond donors (Lipinski definition) is 2. The van der Waals surface area contributed by atoms with Gasteiger partial charge in [-0.1, -0.05) is 32.0 Å². The fraction of sp³-hybridized carbons (Fsp3) is 0.455. The minimum Gasteiger partial charge on any atom is -0.342 e. The lowest BCUT2D eigenvalue weighted by atomic mass is 10.0. The summed E-state index contributed by atoms with van der Waals surface area (Å²) < 4.78 is 1.89. The van der Waals surface area contributed by atoms with Gasteiger partial charge in [-0.15, -0.1) is 0 Å². The molecule has 2 aromatic heterocycles. The highest BCUT2D eigenvalue weighted by molar-refractivity contribution is 5.90. The third-order valence-corrected chi connectivity index (χ3v) is 5.56. The van der Waals surface area contributed by atoms with E-state index < -0.39 is 0 Å². The van der Waals surface area contributed by atoms with Crippen LogP contribution in [-0.4, -0.2) is 49.8 Å². The molecule has 1 aliphatic rings. The second kappa shape index (κ2) is 8.69. The van der Waals surface area contributed by atoms with Crippen molar-refractivity contribution in [2.75, 3.05) is 18.4 Å². The summed E-state index contributed by atoms with van der Waals surface area (Å²) >= 11 is 0. The molecule has 0 radical (unpaired) electrons. The highest BCUT2D eigenvalue weighted by atomic mass is 16.2. The lowest BCUT2D eigenvalue weighted by Crippen LogP contribution is -2.40. The summed E-state index contributed by atoms with van der Waals surface area (Å²) in [6, 6.07) is 9.83. The first-order chi connectivity index (χ1) is 14.5. The highest BCUT2D eigenvalue weighted by Crippen LogP contribution is 2.26. The van der Waals surface area contributed by atoms with E-state index in [9.17, 15) is 9.59 Å². The molecule has 4 rings (SSSR count). The molecule has 3 aromatic rings. The number of H-pyrrole nitrogens is 1. The Bertz CT molecular complexity index is 1030. The van der Waals surface area contributed by atoms with Crippen LogP contribution in [0.3, 0.4) is 0 Å². The van der Waals surface area contributed by atoms with Crippen molar-refractivity contribution in [3.8, 4) is 0 Å². The van der Waals surface area contributed by atoms with E-state index in [1.165, 1.54) is 0 Å². The Hall–Kier alpha value is -3.16. The molecule has 1 aromatic carbocycles. The molecule has 2 amide bonds. The van der Waals surface area contributed by atoms with Crippen molar-refractivity contribution in [1.29, 1.82) is 0 Å². The SMILES string of the molecule is CC(C)CC(=O)Nc1ccnn1C1CCN(C(=O)Cc2[nH]nc3ccccc23)CC1. The van der Waals surface area contributed by atoms with E-state index in [2.05, 4.69) is 20.6 Å². The number of aromatic amines is 1. The molecule has 30 heavy (non-hydrogen) atoms. The standard InChI is InChI=1S/C22H28N6O2/c1-15(2)13-21(29)24-20-7-10-23-28(20)16-8-11-27(12-9-16)22(30)14-19-17-5-3-4-6-18(17)25-26-19/h3-7,10,15-16H,8-9,11-14H2,1-2H3,(H,24,29)(H,25,26). The van der Waals surface area contributed by atoms with Gasteiger partial charge in [0.15, 0.2) is 0 Å². The topological polar surface area (TPSA) is 95.9 Å². The third-order valence-electron chi connectivity index (χ3n) is 5.56. The van der Waals surface area contributed by atoms with Crippen LogP contribution >= 0.6 is 0 Å². The van der Waals surface area contributed by atoms with E-state index in [1.54, 1.807) is 6.20 Å². The van der Waals surface area contributed by atoms with Crippen LogP contribution in [0.2, 0.25) is 0 Å². The number of fused-ring (bicyclic) bond motifs is 1. The molecule has 2 N–H and O–H groups in total. The number of para-hydroxylation sites is 1. The van der Waals surface area contributed by atoms with Gasteiger partial charge in [-0.2, -0.15) is 10.2 Å². The van der Waals surface area contributed by atoms with Crippen molar-refractivity contribution in [2.45, 2.75) is 45.6 Å². The number of anilines is 1. The fourth-order valence-electron chi connectivity index (χ4n) is 4.04. The van der Waals surface area contributed by atoms with Gasteiger partial charge < -0.3 is 10.2 Å². The number of benzene rings is 1. The van der Waals surface area contributed by atoms with Crippen LogP contribution in [0, 0.1) is 5.92 Å². The number of hydrogen-bond acceptors (Lipinski definition) is 4. The van der Waals surface area contributed by atoms with Crippen molar-refractivity contribution in [3.05, 3.63) is 42.2 Å². The average Bonchev–Trinajstić information content (AvgIpc) is 3.35. The molecule has 8 heteroatoms. The number of carbonyl (C=O) groups is 2. The van der Waals surface area contributed by atoms with Crippen molar-refractivity contribution in [1.82, 2.24) is 24.9 Å². The van der Waals surface area contributed by atoms with Crippen LogP contribution < -0.4 is 5.32 Å². The zero-order chi connectivity index (χ0) is 21.1.